The van der Waals surface area contributed by atoms with Gasteiger partial charge in [0.05, 0.1) is 5.92 Å². The molecular formula is C16H31NO5. The highest BCUT2D eigenvalue weighted by atomic mass is 16.6. The molecule has 0 rings (SSSR count). The maximum absolute atomic E-state index is 12.2. The van der Waals surface area contributed by atoms with Crippen molar-refractivity contribution in [3.63, 3.8) is 0 Å². The van der Waals surface area contributed by atoms with E-state index in [-0.39, 0.29) is 13.0 Å². The van der Waals surface area contributed by atoms with Gasteiger partial charge in [-0.05, 0) is 60.8 Å². The fraction of sp³-hybridized carbons (Fsp3) is 0.875. The lowest BCUT2D eigenvalue weighted by Crippen LogP contribution is -2.40. The number of carbonyl (C=O) groups excluding carboxylic acids is 2. The lowest BCUT2D eigenvalue weighted by molar-refractivity contribution is -0.162. The quantitative estimate of drug-likeness (QED) is 0.694. The summed E-state index contributed by atoms with van der Waals surface area (Å²) in [6.07, 6.45) is 1.01. The van der Waals surface area contributed by atoms with Gasteiger partial charge < -0.3 is 20.3 Å². The van der Waals surface area contributed by atoms with Crippen molar-refractivity contribution < 1.29 is 24.2 Å². The molecule has 0 spiro atoms. The van der Waals surface area contributed by atoms with Crippen LogP contribution in [-0.2, 0) is 19.1 Å². The van der Waals surface area contributed by atoms with Gasteiger partial charge in [-0.3, -0.25) is 9.59 Å². The predicted molar refractivity (Wildman–Crippen MR) is 84.1 cm³/mol. The first kappa shape index (κ1) is 20.9. The first-order valence-corrected chi connectivity index (χ1v) is 7.68. The van der Waals surface area contributed by atoms with Gasteiger partial charge in [0, 0.05) is 6.61 Å². The molecular weight excluding hydrogens is 286 g/mol. The summed E-state index contributed by atoms with van der Waals surface area (Å²) < 4.78 is 10.6. The Kier molecular flexibility index (Phi) is 8.04. The van der Waals surface area contributed by atoms with Crippen molar-refractivity contribution in [3.8, 4) is 0 Å². The summed E-state index contributed by atoms with van der Waals surface area (Å²) in [6.45, 7) is 10.6. The van der Waals surface area contributed by atoms with E-state index in [4.69, 9.17) is 20.3 Å². The van der Waals surface area contributed by atoms with Crippen LogP contribution in [0.5, 0.6) is 0 Å². The van der Waals surface area contributed by atoms with Gasteiger partial charge in [-0.1, -0.05) is 0 Å². The Morgan fingerprint density at radius 1 is 1.00 bits per heavy atom. The molecule has 0 aromatic rings. The Hall–Kier alpha value is -1.14. The van der Waals surface area contributed by atoms with E-state index in [1.54, 1.807) is 41.5 Å². The van der Waals surface area contributed by atoms with E-state index < -0.39 is 35.1 Å². The van der Waals surface area contributed by atoms with Crippen LogP contribution >= 0.6 is 0 Å². The Morgan fingerprint density at radius 2 is 1.45 bits per heavy atom. The standard InChI is InChI=1S/C16H31NO5/c1-15(2,3)21-13(19)11(8-7-9-18)10-12(17)14(20)22-16(4,5)6/h11-12,18H,7-10,17H2,1-6H3. The average Bonchev–Trinajstić information content (AvgIpc) is 2.29. The Morgan fingerprint density at radius 3 is 1.86 bits per heavy atom. The minimum absolute atomic E-state index is 0.0268. The SMILES string of the molecule is CC(C)(C)OC(=O)C(N)CC(CCCO)C(=O)OC(C)(C)C. The Balaban J connectivity index is 4.76. The fourth-order valence-corrected chi connectivity index (χ4v) is 1.83. The number of carbonyl (C=O) groups is 2. The molecule has 3 N–H and O–H groups in total. The number of hydrogen-bond acceptors (Lipinski definition) is 6. The van der Waals surface area contributed by atoms with E-state index >= 15 is 0 Å². The summed E-state index contributed by atoms with van der Waals surface area (Å²) in [5.41, 5.74) is 4.62. The molecule has 0 aromatic heterocycles. The van der Waals surface area contributed by atoms with Crippen molar-refractivity contribution in [2.24, 2.45) is 11.7 Å². The van der Waals surface area contributed by atoms with E-state index in [1.165, 1.54) is 0 Å². The van der Waals surface area contributed by atoms with Crippen molar-refractivity contribution in [1.29, 1.82) is 0 Å². The number of nitrogens with two attached hydrogens (primary N) is 1. The van der Waals surface area contributed by atoms with Crippen LogP contribution in [0.4, 0.5) is 0 Å². The molecule has 6 nitrogen and oxygen atoms in total. The molecule has 0 heterocycles. The van der Waals surface area contributed by atoms with Gasteiger partial charge in [0.25, 0.3) is 0 Å². The zero-order valence-electron chi connectivity index (χ0n) is 14.6. The summed E-state index contributed by atoms with van der Waals surface area (Å²) in [4.78, 5) is 24.1. The second-order valence-electron chi connectivity index (χ2n) is 7.47. The topological polar surface area (TPSA) is 98.9 Å². The van der Waals surface area contributed by atoms with Crippen molar-refractivity contribution in [2.45, 2.75) is 78.0 Å². The minimum atomic E-state index is -0.893. The first-order valence-electron chi connectivity index (χ1n) is 7.68. The molecule has 130 valence electrons. The summed E-state index contributed by atoms with van der Waals surface area (Å²) in [5, 5.41) is 8.95. The molecule has 0 saturated carbocycles. The van der Waals surface area contributed by atoms with Gasteiger partial charge in [-0.2, -0.15) is 0 Å². The molecule has 0 aliphatic carbocycles. The second kappa shape index (κ2) is 8.48. The molecule has 0 aliphatic rings. The summed E-state index contributed by atoms with van der Waals surface area (Å²) in [6, 6.07) is -0.893. The van der Waals surface area contributed by atoms with Crippen LogP contribution in [0, 0.1) is 5.92 Å². The van der Waals surface area contributed by atoms with E-state index in [0.29, 0.717) is 12.8 Å². The molecule has 0 aromatic carbocycles. The van der Waals surface area contributed by atoms with Crippen molar-refractivity contribution in [3.05, 3.63) is 0 Å². The first-order chi connectivity index (χ1) is 9.85. The van der Waals surface area contributed by atoms with E-state index in [1.807, 2.05) is 0 Å². The van der Waals surface area contributed by atoms with Crippen LogP contribution in [0.25, 0.3) is 0 Å². The molecule has 0 radical (unpaired) electrons. The number of aliphatic hydroxyl groups excluding tert-OH is 1. The van der Waals surface area contributed by atoms with Crippen LogP contribution in [0.3, 0.4) is 0 Å². The second-order valence-corrected chi connectivity index (χ2v) is 7.47. The summed E-state index contributed by atoms with van der Waals surface area (Å²) in [5.74, 6) is -1.47. The molecule has 2 atom stereocenters. The normalized spacial score (nSPS) is 15.1. The lowest BCUT2D eigenvalue weighted by Gasteiger charge is -2.26. The maximum Gasteiger partial charge on any atom is 0.323 e. The molecule has 0 aliphatic heterocycles. The maximum atomic E-state index is 12.2. The number of rotatable bonds is 7. The van der Waals surface area contributed by atoms with Crippen LogP contribution in [-0.4, -0.2) is 40.9 Å². The number of esters is 2. The smallest absolute Gasteiger partial charge is 0.323 e. The Bertz CT molecular complexity index is 368. The van der Waals surface area contributed by atoms with Crippen molar-refractivity contribution >= 4 is 11.9 Å². The van der Waals surface area contributed by atoms with Gasteiger partial charge >= 0.3 is 11.9 Å². The van der Waals surface area contributed by atoms with E-state index in [0.717, 1.165) is 0 Å². The van der Waals surface area contributed by atoms with Crippen molar-refractivity contribution in [1.82, 2.24) is 0 Å². The molecule has 0 saturated heterocycles. The Labute approximate surface area is 133 Å². The molecule has 2 unspecified atom stereocenters. The van der Waals surface area contributed by atoms with Gasteiger partial charge in [0.15, 0.2) is 0 Å². The molecule has 0 amide bonds. The van der Waals surface area contributed by atoms with Gasteiger partial charge in [-0.15, -0.1) is 0 Å². The van der Waals surface area contributed by atoms with E-state index in [9.17, 15) is 9.59 Å². The minimum Gasteiger partial charge on any atom is -0.460 e. The van der Waals surface area contributed by atoms with Crippen LogP contribution in [0.15, 0.2) is 0 Å². The fourth-order valence-electron chi connectivity index (χ4n) is 1.83. The van der Waals surface area contributed by atoms with Crippen LogP contribution in [0.2, 0.25) is 0 Å². The van der Waals surface area contributed by atoms with Crippen LogP contribution < -0.4 is 5.73 Å². The average molecular weight is 317 g/mol. The summed E-state index contributed by atoms with van der Waals surface area (Å²) >= 11 is 0. The summed E-state index contributed by atoms with van der Waals surface area (Å²) in [7, 11) is 0. The number of aliphatic hydroxyl groups is 1. The predicted octanol–water partition coefficient (Wildman–Crippen LogP) is 1.78. The third-order valence-corrected chi connectivity index (χ3v) is 2.70. The highest BCUT2D eigenvalue weighted by Crippen LogP contribution is 2.20. The van der Waals surface area contributed by atoms with Gasteiger partial charge in [-0.25, -0.2) is 0 Å². The molecule has 22 heavy (non-hydrogen) atoms. The third-order valence-electron chi connectivity index (χ3n) is 2.70. The molecule has 6 heteroatoms. The number of hydrogen-bond donors (Lipinski definition) is 2. The monoisotopic (exact) mass is 317 g/mol. The van der Waals surface area contributed by atoms with Crippen molar-refractivity contribution in [2.75, 3.05) is 6.61 Å². The van der Waals surface area contributed by atoms with Crippen LogP contribution in [0.1, 0.15) is 60.8 Å². The third kappa shape index (κ3) is 9.73. The zero-order chi connectivity index (χ0) is 17.6. The van der Waals surface area contributed by atoms with Gasteiger partial charge in [0.2, 0.25) is 0 Å². The van der Waals surface area contributed by atoms with E-state index in [2.05, 4.69) is 0 Å². The lowest BCUT2D eigenvalue weighted by atomic mass is 9.95. The zero-order valence-corrected chi connectivity index (χ0v) is 14.6. The van der Waals surface area contributed by atoms with Gasteiger partial charge in [0.1, 0.15) is 17.2 Å². The largest absolute Gasteiger partial charge is 0.460 e. The highest BCUT2D eigenvalue weighted by molar-refractivity contribution is 5.78. The highest BCUT2D eigenvalue weighted by Gasteiger charge is 2.30. The number of ether oxygens (including phenoxy) is 2. The molecule has 0 bridgehead atoms. The molecule has 0 fully saturated rings.